The second-order valence-corrected chi connectivity index (χ2v) is 3.14. The molecule has 1 unspecified atom stereocenters. The van der Waals surface area contributed by atoms with E-state index in [1.165, 1.54) is 0 Å². The van der Waals surface area contributed by atoms with Crippen molar-refractivity contribution in [3.63, 3.8) is 0 Å². The van der Waals surface area contributed by atoms with Crippen LogP contribution in [0, 0.1) is 0 Å². The highest BCUT2D eigenvalue weighted by Gasteiger charge is 2.23. The van der Waals surface area contributed by atoms with Crippen molar-refractivity contribution in [3.8, 4) is 0 Å². The first-order valence-corrected chi connectivity index (χ1v) is 4.77. The summed E-state index contributed by atoms with van der Waals surface area (Å²) in [5.41, 5.74) is 0.425. The average molecular weight is 213 g/mol. The molecule has 82 valence electrons. The van der Waals surface area contributed by atoms with E-state index in [-0.39, 0.29) is 12.3 Å². The van der Waals surface area contributed by atoms with Gasteiger partial charge in [0.1, 0.15) is 6.04 Å². The van der Waals surface area contributed by atoms with E-state index in [1.807, 2.05) is 0 Å². The topological polar surface area (TPSA) is 29.1 Å². The third-order valence-corrected chi connectivity index (χ3v) is 2.05. The number of carbonyl (C=O) groups is 1. The molecular formula is C11H13F2NO. The molecule has 0 fully saturated rings. The molecule has 1 aromatic rings. The Morgan fingerprint density at radius 2 is 1.93 bits per heavy atom. The maximum atomic E-state index is 12.7. The molecule has 0 bridgehead atoms. The van der Waals surface area contributed by atoms with Gasteiger partial charge in [-0.05, 0) is 5.56 Å². The summed E-state index contributed by atoms with van der Waals surface area (Å²) >= 11 is 0. The Labute approximate surface area is 87.3 Å². The molecule has 1 aromatic carbocycles. The number of halogens is 2. The van der Waals surface area contributed by atoms with E-state index in [2.05, 4.69) is 5.32 Å². The molecule has 15 heavy (non-hydrogen) atoms. The second kappa shape index (κ2) is 5.44. The summed E-state index contributed by atoms with van der Waals surface area (Å²) in [6, 6.07) is 7.03. The fraction of sp³-hybridized carbons (Fsp3) is 0.364. The number of nitrogens with one attached hydrogen (secondary N) is 1. The molecule has 1 rings (SSSR count). The molecule has 0 radical (unpaired) electrons. The number of hydrogen-bond donors (Lipinski definition) is 1. The molecule has 0 aliphatic heterocycles. The summed E-state index contributed by atoms with van der Waals surface area (Å²) in [4.78, 5) is 11.1. The maximum Gasteiger partial charge on any atom is 0.262 e. The van der Waals surface area contributed by atoms with Crippen LogP contribution in [-0.4, -0.2) is 12.3 Å². The molecule has 0 aliphatic carbocycles. The number of alkyl halides is 2. The SMILES string of the molecule is CCC(=O)NC(c1ccccc1)C(F)F. The molecule has 2 nitrogen and oxygen atoms in total. The molecule has 1 amide bonds. The Balaban J connectivity index is 2.79. The van der Waals surface area contributed by atoms with Crippen molar-refractivity contribution in [2.24, 2.45) is 0 Å². The normalized spacial score (nSPS) is 12.5. The fourth-order valence-corrected chi connectivity index (χ4v) is 1.23. The zero-order chi connectivity index (χ0) is 11.3. The van der Waals surface area contributed by atoms with Crippen LogP contribution in [0.3, 0.4) is 0 Å². The van der Waals surface area contributed by atoms with E-state index in [9.17, 15) is 13.6 Å². The van der Waals surface area contributed by atoms with Gasteiger partial charge in [0.25, 0.3) is 6.43 Å². The summed E-state index contributed by atoms with van der Waals surface area (Å²) in [6.45, 7) is 1.63. The number of rotatable bonds is 4. The molecular weight excluding hydrogens is 200 g/mol. The number of benzene rings is 1. The molecule has 4 heteroatoms. The van der Waals surface area contributed by atoms with Crippen LogP contribution in [0.4, 0.5) is 8.78 Å². The van der Waals surface area contributed by atoms with E-state index in [0.717, 1.165) is 0 Å². The van der Waals surface area contributed by atoms with Gasteiger partial charge in [-0.3, -0.25) is 4.79 Å². The fourth-order valence-electron chi connectivity index (χ4n) is 1.23. The summed E-state index contributed by atoms with van der Waals surface area (Å²) < 4.78 is 25.3. The van der Waals surface area contributed by atoms with Gasteiger partial charge in [0.15, 0.2) is 0 Å². The van der Waals surface area contributed by atoms with Crippen LogP contribution in [-0.2, 0) is 4.79 Å². The molecule has 1 N–H and O–H groups in total. The predicted octanol–water partition coefficient (Wildman–Crippen LogP) is 2.52. The smallest absolute Gasteiger partial charge is 0.262 e. The van der Waals surface area contributed by atoms with Crippen LogP contribution in [0.5, 0.6) is 0 Å². The highest BCUT2D eigenvalue weighted by molar-refractivity contribution is 5.76. The minimum atomic E-state index is -2.59. The lowest BCUT2D eigenvalue weighted by molar-refractivity contribution is -0.122. The van der Waals surface area contributed by atoms with Gasteiger partial charge in [-0.15, -0.1) is 0 Å². The zero-order valence-electron chi connectivity index (χ0n) is 8.41. The van der Waals surface area contributed by atoms with Gasteiger partial charge in [-0.1, -0.05) is 37.3 Å². The highest BCUT2D eigenvalue weighted by atomic mass is 19.3. The Kier molecular flexibility index (Phi) is 4.21. The first-order valence-electron chi connectivity index (χ1n) is 4.77. The number of amides is 1. The van der Waals surface area contributed by atoms with Crippen LogP contribution in [0.25, 0.3) is 0 Å². The highest BCUT2D eigenvalue weighted by Crippen LogP contribution is 2.20. The monoisotopic (exact) mass is 213 g/mol. The largest absolute Gasteiger partial charge is 0.344 e. The molecule has 0 spiro atoms. The van der Waals surface area contributed by atoms with Gasteiger partial charge < -0.3 is 5.32 Å². The lowest BCUT2D eigenvalue weighted by Gasteiger charge is -2.17. The van der Waals surface area contributed by atoms with Crippen LogP contribution < -0.4 is 5.32 Å². The van der Waals surface area contributed by atoms with Crippen molar-refractivity contribution in [1.82, 2.24) is 5.32 Å². The number of hydrogen-bond acceptors (Lipinski definition) is 1. The average Bonchev–Trinajstić information content (AvgIpc) is 2.26. The third-order valence-electron chi connectivity index (χ3n) is 2.05. The first-order chi connectivity index (χ1) is 7.15. The first kappa shape index (κ1) is 11.6. The van der Waals surface area contributed by atoms with Crippen LogP contribution >= 0.6 is 0 Å². The van der Waals surface area contributed by atoms with Crippen LogP contribution in [0.1, 0.15) is 24.9 Å². The maximum absolute atomic E-state index is 12.7. The summed E-state index contributed by atoms with van der Waals surface area (Å²) in [7, 11) is 0. The lowest BCUT2D eigenvalue weighted by Crippen LogP contribution is -2.32. The number of carbonyl (C=O) groups excluding carboxylic acids is 1. The summed E-state index contributed by atoms with van der Waals surface area (Å²) in [5, 5.41) is 2.29. The standard InChI is InChI=1S/C11H13F2NO/c1-2-9(15)14-10(11(12)13)8-6-4-3-5-7-8/h3-7,10-11H,2H2,1H3,(H,14,15). The van der Waals surface area contributed by atoms with E-state index in [0.29, 0.717) is 5.56 Å². The molecule has 1 atom stereocenters. The third kappa shape index (κ3) is 3.31. The van der Waals surface area contributed by atoms with Crippen molar-refractivity contribution in [1.29, 1.82) is 0 Å². The van der Waals surface area contributed by atoms with Gasteiger partial charge in [-0.25, -0.2) is 8.78 Å². The van der Waals surface area contributed by atoms with Gasteiger partial charge in [0, 0.05) is 6.42 Å². The predicted molar refractivity (Wildman–Crippen MR) is 53.6 cm³/mol. The Bertz CT molecular complexity index is 314. The summed E-state index contributed by atoms with van der Waals surface area (Å²) in [6.07, 6.45) is -2.39. The van der Waals surface area contributed by atoms with Crippen molar-refractivity contribution in [3.05, 3.63) is 35.9 Å². The Morgan fingerprint density at radius 3 is 2.40 bits per heavy atom. The van der Waals surface area contributed by atoms with Gasteiger partial charge in [-0.2, -0.15) is 0 Å². The van der Waals surface area contributed by atoms with Crippen LogP contribution in [0.15, 0.2) is 30.3 Å². The Morgan fingerprint density at radius 1 is 1.33 bits per heavy atom. The van der Waals surface area contributed by atoms with Gasteiger partial charge in [0.2, 0.25) is 5.91 Å². The summed E-state index contributed by atoms with van der Waals surface area (Å²) in [5.74, 6) is -0.371. The van der Waals surface area contributed by atoms with E-state index >= 15 is 0 Å². The lowest BCUT2D eigenvalue weighted by atomic mass is 10.1. The molecule has 0 aliphatic rings. The van der Waals surface area contributed by atoms with Gasteiger partial charge >= 0.3 is 0 Å². The molecule has 0 saturated heterocycles. The van der Waals surface area contributed by atoms with Gasteiger partial charge in [0.05, 0.1) is 0 Å². The minimum absolute atomic E-state index is 0.204. The second-order valence-electron chi connectivity index (χ2n) is 3.14. The molecule has 0 saturated carbocycles. The van der Waals surface area contributed by atoms with E-state index in [4.69, 9.17) is 0 Å². The quantitative estimate of drug-likeness (QED) is 0.818. The minimum Gasteiger partial charge on any atom is -0.344 e. The van der Waals surface area contributed by atoms with Crippen molar-refractivity contribution in [2.75, 3.05) is 0 Å². The van der Waals surface area contributed by atoms with Crippen LogP contribution in [0.2, 0.25) is 0 Å². The molecule has 0 aromatic heterocycles. The zero-order valence-corrected chi connectivity index (χ0v) is 8.41. The van der Waals surface area contributed by atoms with Crippen molar-refractivity contribution < 1.29 is 13.6 Å². The van der Waals surface area contributed by atoms with Crippen molar-refractivity contribution >= 4 is 5.91 Å². The molecule has 0 heterocycles. The van der Waals surface area contributed by atoms with E-state index < -0.39 is 12.5 Å². The Hall–Kier alpha value is -1.45. The van der Waals surface area contributed by atoms with Crippen molar-refractivity contribution in [2.45, 2.75) is 25.8 Å². The van der Waals surface area contributed by atoms with E-state index in [1.54, 1.807) is 37.3 Å².